The van der Waals surface area contributed by atoms with Gasteiger partial charge in [-0.05, 0) is 64.0 Å². The van der Waals surface area contributed by atoms with Crippen molar-refractivity contribution in [2.75, 3.05) is 10.6 Å². The largest absolute Gasteiger partial charge is 0.326 e. The number of carbonyl (C=O) groups is 2. The van der Waals surface area contributed by atoms with Gasteiger partial charge in [0, 0.05) is 27.7 Å². The number of hydrogen-bond donors (Lipinski definition) is 2. The minimum atomic E-state index is -1.39. The molecule has 1 aliphatic carbocycles. The van der Waals surface area contributed by atoms with E-state index in [1.807, 2.05) is 0 Å². The van der Waals surface area contributed by atoms with Crippen LogP contribution in [-0.2, 0) is 4.79 Å². The number of halogens is 8. The van der Waals surface area contributed by atoms with Crippen LogP contribution in [0.1, 0.15) is 21.8 Å². The second kappa shape index (κ2) is 10.0. The van der Waals surface area contributed by atoms with Gasteiger partial charge >= 0.3 is 0 Å². The van der Waals surface area contributed by atoms with Crippen LogP contribution in [0.15, 0.2) is 53.0 Å². The van der Waals surface area contributed by atoms with Gasteiger partial charge < -0.3 is 10.6 Å². The number of carbonyl (C=O) groups excluding carboxylic acids is 2. The van der Waals surface area contributed by atoms with Crippen molar-refractivity contribution in [2.45, 2.75) is 10.3 Å². The minimum absolute atomic E-state index is 0.0353. The summed E-state index contributed by atoms with van der Waals surface area (Å²) in [7, 11) is 0. The lowest BCUT2D eigenvalue weighted by Crippen LogP contribution is -2.18. The van der Waals surface area contributed by atoms with Crippen molar-refractivity contribution in [3.05, 3.63) is 90.8 Å². The van der Waals surface area contributed by atoms with Crippen molar-refractivity contribution in [2.24, 2.45) is 5.92 Å². The van der Waals surface area contributed by atoms with Crippen molar-refractivity contribution in [1.29, 1.82) is 0 Å². The molecule has 1 aliphatic rings. The summed E-state index contributed by atoms with van der Waals surface area (Å²) in [4.78, 5) is 25.7. The lowest BCUT2D eigenvalue weighted by atomic mass is 10.1. The summed E-state index contributed by atoms with van der Waals surface area (Å²) >= 11 is 33.9. The monoisotopic (exact) mass is 640 g/mol. The molecule has 1 saturated carbocycles. The summed E-state index contributed by atoms with van der Waals surface area (Å²) in [5.74, 6) is -4.45. The number of hydrogen-bond acceptors (Lipinski definition) is 2. The van der Waals surface area contributed by atoms with Crippen LogP contribution < -0.4 is 10.6 Å². The van der Waals surface area contributed by atoms with E-state index in [1.165, 1.54) is 18.2 Å². The summed E-state index contributed by atoms with van der Waals surface area (Å²) < 4.78 is 26.1. The van der Waals surface area contributed by atoms with E-state index >= 15 is 0 Å². The van der Waals surface area contributed by atoms with E-state index in [0.29, 0.717) is 21.7 Å². The number of nitrogens with one attached hydrogen (secondary N) is 2. The van der Waals surface area contributed by atoms with Crippen LogP contribution in [0.4, 0.5) is 20.2 Å². The molecule has 2 amide bonds. The highest BCUT2D eigenvalue weighted by atomic mass is 79.9. The highest BCUT2D eigenvalue weighted by molar-refractivity contribution is 9.10. The molecular formula is C23H12BrCl5F2N2O2. The highest BCUT2D eigenvalue weighted by Crippen LogP contribution is 2.65. The third-order valence-electron chi connectivity index (χ3n) is 5.32. The standard InChI is InChI=1S/C23H12BrCl5F2N2O2/c24-14-7-18(17(31)8-16(14)30)33-21(34)13-6-12(1-2-15(13)27)32-22(35)20-19(23(20,28)29)9-3-10(25)5-11(26)4-9/h1-8,19-20H,(H,32,35)(H,33,34)/t19-,20+/m0/s1. The predicted molar refractivity (Wildman–Crippen MR) is 139 cm³/mol. The average Bonchev–Trinajstić information content (AvgIpc) is 3.34. The van der Waals surface area contributed by atoms with Crippen LogP contribution in [0.25, 0.3) is 0 Å². The molecule has 0 unspecified atom stereocenters. The molecule has 2 atom stereocenters. The molecule has 3 aromatic carbocycles. The first-order chi connectivity index (χ1) is 16.4. The van der Waals surface area contributed by atoms with Crippen molar-refractivity contribution in [3.63, 3.8) is 0 Å². The van der Waals surface area contributed by atoms with Crippen molar-refractivity contribution in [3.8, 4) is 0 Å². The minimum Gasteiger partial charge on any atom is -0.326 e. The Bertz CT molecular complexity index is 1350. The fourth-order valence-electron chi connectivity index (χ4n) is 3.63. The van der Waals surface area contributed by atoms with Crippen molar-refractivity contribution in [1.82, 2.24) is 0 Å². The molecule has 0 bridgehead atoms. The van der Waals surface area contributed by atoms with Gasteiger partial charge in [0.05, 0.1) is 26.7 Å². The van der Waals surface area contributed by atoms with Gasteiger partial charge in [-0.2, -0.15) is 0 Å². The topological polar surface area (TPSA) is 58.2 Å². The summed E-state index contributed by atoms with van der Waals surface area (Å²) in [5, 5.41) is 5.78. The average molecular weight is 644 g/mol. The van der Waals surface area contributed by atoms with Crippen LogP contribution in [0.5, 0.6) is 0 Å². The van der Waals surface area contributed by atoms with E-state index in [2.05, 4.69) is 26.6 Å². The smallest absolute Gasteiger partial charge is 0.257 e. The van der Waals surface area contributed by atoms with Crippen molar-refractivity contribution < 1.29 is 18.4 Å². The SMILES string of the molecule is O=C(Nc1cc(Br)c(F)cc1F)c1cc(NC(=O)[C@H]2[C@H](c3cc(Cl)cc(Cl)c3)C2(Cl)Cl)ccc1Cl. The van der Waals surface area contributed by atoms with Gasteiger partial charge in [0.2, 0.25) is 5.91 Å². The zero-order chi connectivity index (χ0) is 25.7. The maximum absolute atomic E-state index is 14.0. The second-order valence-corrected chi connectivity index (χ2v) is 11.3. The first kappa shape index (κ1) is 26.5. The highest BCUT2D eigenvalue weighted by Gasteiger charge is 2.67. The number of benzene rings is 3. The zero-order valence-electron chi connectivity index (χ0n) is 17.1. The Morgan fingerprint density at radius 1 is 0.886 bits per heavy atom. The molecule has 182 valence electrons. The van der Waals surface area contributed by atoms with Crippen LogP contribution >= 0.6 is 73.9 Å². The lowest BCUT2D eigenvalue weighted by molar-refractivity contribution is -0.117. The van der Waals surface area contributed by atoms with Crippen LogP contribution in [0.3, 0.4) is 0 Å². The van der Waals surface area contributed by atoms with Gasteiger partial charge in [-0.1, -0.05) is 34.8 Å². The summed E-state index contributed by atoms with van der Waals surface area (Å²) in [6.07, 6.45) is 0. The molecule has 12 heteroatoms. The third-order valence-corrected chi connectivity index (χ3v) is 7.63. The molecule has 0 heterocycles. The Labute approximate surface area is 232 Å². The normalized spacial score (nSPS) is 18.2. The van der Waals surface area contributed by atoms with Crippen LogP contribution in [-0.4, -0.2) is 16.1 Å². The summed E-state index contributed by atoms with van der Waals surface area (Å²) in [6, 6.07) is 10.7. The Morgan fingerprint density at radius 3 is 2.20 bits per heavy atom. The number of amides is 2. The molecule has 4 nitrogen and oxygen atoms in total. The molecule has 0 spiro atoms. The third kappa shape index (κ3) is 5.55. The molecule has 0 radical (unpaired) electrons. The predicted octanol–water partition coefficient (Wildman–Crippen LogP) is 8.47. The van der Waals surface area contributed by atoms with Crippen LogP contribution in [0, 0.1) is 17.6 Å². The van der Waals surface area contributed by atoms with E-state index in [9.17, 15) is 18.4 Å². The van der Waals surface area contributed by atoms with Gasteiger partial charge in [-0.15, -0.1) is 23.2 Å². The Hall–Kier alpha value is -1.61. The molecule has 0 aliphatic heterocycles. The molecule has 2 N–H and O–H groups in total. The Balaban J connectivity index is 1.52. The van der Waals surface area contributed by atoms with E-state index in [1.54, 1.807) is 18.2 Å². The fourth-order valence-corrected chi connectivity index (χ4v) is 5.55. The summed E-state index contributed by atoms with van der Waals surface area (Å²) in [5.41, 5.74) is 0.519. The maximum atomic E-state index is 14.0. The molecule has 0 saturated heterocycles. The van der Waals surface area contributed by atoms with Crippen LogP contribution in [0.2, 0.25) is 15.1 Å². The zero-order valence-corrected chi connectivity index (χ0v) is 22.5. The molecular weight excluding hydrogens is 631 g/mol. The van der Waals surface area contributed by atoms with E-state index in [0.717, 1.165) is 6.07 Å². The van der Waals surface area contributed by atoms with Gasteiger partial charge in [0.25, 0.3) is 5.91 Å². The van der Waals surface area contributed by atoms with E-state index < -0.39 is 39.6 Å². The summed E-state index contributed by atoms with van der Waals surface area (Å²) in [6.45, 7) is 0. The number of rotatable bonds is 5. The van der Waals surface area contributed by atoms with E-state index in [4.69, 9.17) is 58.0 Å². The maximum Gasteiger partial charge on any atom is 0.257 e. The lowest BCUT2D eigenvalue weighted by Gasteiger charge is -2.11. The van der Waals surface area contributed by atoms with Gasteiger partial charge in [-0.3, -0.25) is 9.59 Å². The molecule has 0 aromatic heterocycles. The van der Waals surface area contributed by atoms with Gasteiger partial charge in [-0.25, -0.2) is 8.78 Å². The fraction of sp³-hybridized carbons (Fsp3) is 0.130. The quantitative estimate of drug-likeness (QED) is 0.217. The molecule has 35 heavy (non-hydrogen) atoms. The number of alkyl halides is 2. The number of anilines is 2. The second-order valence-electron chi connectivity index (χ2n) is 7.72. The first-order valence-electron chi connectivity index (χ1n) is 9.78. The Morgan fingerprint density at radius 2 is 1.54 bits per heavy atom. The molecule has 1 fully saturated rings. The van der Waals surface area contributed by atoms with Gasteiger partial charge in [0.1, 0.15) is 16.0 Å². The van der Waals surface area contributed by atoms with E-state index in [-0.39, 0.29) is 26.4 Å². The molecule has 3 aromatic rings. The molecule has 4 rings (SSSR count). The van der Waals surface area contributed by atoms with Crippen molar-refractivity contribution >= 4 is 97.1 Å². The first-order valence-corrected chi connectivity index (χ1v) is 12.5. The Kier molecular flexibility index (Phi) is 7.59. The van der Waals surface area contributed by atoms with Gasteiger partial charge in [0.15, 0.2) is 0 Å².